The highest BCUT2D eigenvalue weighted by atomic mass is 35.5. The van der Waals surface area contributed by atoms with Crippen LogP contribution in [0.25, 0.3) is 0 Å². The van der Waals surface area contributed by atoms with Crippen molar-refractivity contribution in [3.05, 3.63) is 33.2 Å². The molecule has 2 rings (SSSR count). The fourth-order valence-electron chi connectivity index (χ4n) is 2.00. The van der Waals surface area contributed by atoms with Crippen LogP contribution in [0.1, 0.15) is 19.8 Å². The summed E-state index contributed by atoms with van der Waals surface area (Å²) in [5, 5.41) is 10.8. The van der Waals surface area contributed by atoms with Gasteiger partial charge in [-0.25, -0.2) is 4.68 Å². The first kappa shape index (κ1) is 14.1. The van der Waals surface area contributed by atoms with E-state index in [0.29, 0.717) is 18.8 Å². The van der Waals surface area contributed by atoms with Crippen molar-refractivity contribution >= 4 is 17.3 Å². The van der Waals surface area contributed by atoms with Crippen molar-refractivity contribution in [3.8, 4) is 0 Å². The third kappa shape index (κ3) is 3.58. The Kier molecular flexibility index (Phi) is 4.99. The Hall–Kier alpha value is -1.33. The molecule has 1 aliphatic rings. The molecule has 0 spiro atoms. The maximum absolute atomic E-state index is 11.9. The van der Waals surface area contributed by atoms with E-state index in [9.17, 15) is 4.79 Å². The molecule has 2 N–H and O–H groups in total. The van der Waals surface area contributed by atoms with Crippen LogP contribution in [0.5, 0.6) is 0 Å². The number of aromatic nitrogens is 2. The van der Waals surface area contributed by atoms with Gasteiger partial charge < -0.3 is 10.6 Å². The van der Waals surface area contributed by atoms with Crippen LogP contribution in [-0.4, -0.2) is 29.4 Å². The van der Waals surface area contributed by atoms with Gasteiger partial charge in [-0.1, -0.05) is 30.2 Å². The molecule has 0 unspecified atom stereocenters. The Morgan fingerprint density at radius 2 is 2.42 bits per heavy atom. The number of hydrogen-bond donors (Lipinski definition) is 2. The molecule has 0 aromatic carbocycles. The topological polar surface area (TPSA) is 59.0 Å². The quantitative estimate of drug-likeness (QED) is 0.806. The Labute approximate surface area is 117 Å². The van der Waals surface area contributed by atoms with Crippen LogP contribution >= 0.6 is 11.6 Å². The molecular formula is C13H19ClN4O. The van der Waals surface area contributed by atoms with E-state index in [1.165, 1.54) is 10.3 Å². The van der Waals surface area contributed by atoms with Crippen molar-refractivity contribution in [2.45, 2.75) is 26.3 Å². The van der Waals surface area contributed by atoms with Gasteiger partial charge in [0.2, 0.25) is 0 Å². The van der Waals surface area contributed by atoms with Gasteiger partial charge in [0.15, 0.2) is 0 Å². The molecule has 0 atom stereocenters. The molecule has 5 nitrogen and oxygen atoms in total. The second-order valence-corrected chi connectivity index (χ2v) is 4.95. The highest BCUT2D eigenvalue weighted by Crippen LogP contribution is 2.16. The van der Waals surface area contributed by atoms with E-state index in [2.05, 4.69) is 21.8 Å². The molecular weight excluding hydrogens is 264 g/mol. The van der Waals surface area contributed by atoms with Crippen LogP contribution in [0, 0.1) is 0 Å². The number of anilines is 1. The molecule has 0 aliphatic carbocycles. The monoisotopic (exact) mass is 282 g/mol. The van der Waals surface area contributed by atoms with E-state index in [1.54, 1.807) is 6.20 Å². The number of aryl methyl sites for hydroxylation is 1. The van der Waals surface area contributed by atoms with Crippen molar-refractivity contribution in [2.75, 3.05) is 25.0 Å². The van der Waals surface area contributed by atoms with E-state index < -0.39 is 0 Å². The Morgan fingerprint density at radius 1 is 1.58 bits per heavy atom. The van der Waals surface area contributed by atoms with Crippen LogP contribution in [0.2, 0.25) is 5.02 Å². The minimum atomic E-state index is -0.229. The van der Waals surface area contributed by atoms with Crippen LogP contribution < -0.4 is 16.2 Å². The Morgan fingerprint density at radius 3 is 3.11 bits per heavy atom. The van der Waals surface area contributed by atoms with Gasteiger partial charge >= 0.3 is 0 Å². The summed E-state index contributed by atoms with van der Waals surface area (Å²) < 4.78 is 1.40. The van der Waals surface area contributed by atoms with E-state index in [-0.39, 0.29) is 10.6 Å². The van der Waals surface area contributed by atoms with E-state index in [4.69, 9.17) is 11.6 Å². The van der Waals surface area contributed by atoms with Gasteiger partial charge in [-0.2, -0.15) is 5.10 Å². The first-order chi connectivity index (χ1) is 9.22. The molecule has 1 aromatic rings. The first-order valence-corrected chi connectivity index (χ1v) is 6.98. The average Bonchev–Trinajstić information content (AvgIpc) is 2.44. The van der Waals surface area contributed by atoms with E-state index in [1.807, 2.05) is 6.92 Å². The lowest BCUT2D eigenvalue weighted by Gasteiger charge is -2.15. The molecule has 1 aromatic heterocycles. The second-order valence-electron chi connectivity index (χ2n) is 4.57. The van der Waals surface area contributed by atoms with Gasteiger partial charge in [0.25, 0.3) is 5.56 Å². The maximum atomic E-state index is 11.9. The van der Waals surface area contributed by atoms with Gasteiger partial charge in [-0.05, 0) is 19.4 Å². The molecule has 0 radical (unpaired) electrons. The fourth-order valence-corrected chi connectivity index (χ4v) is 2.21. The minimum Gasteiger partial charge on any atom is -0.379 e. The molecule has 6 heteroatoms. The lowest BCUT2D eigenvalue weighted by molar-refractivity contribution is 0.568. The van der Waals surface area contributed by atoms with Crippen molar-refractivity contribution in [1.82, 2.24) is 15.1 Å². The zero-order valence-electron chi connectivity index (χ0n) is 11.1. The van der Waals surface area contributed by atoms with Gasteiger partial charge in [0.05, 0.1) is 11.9 Å². The summed E-state index contributed by atoms with van der Waals surface area (Å²) in [7, 11) is 0. The largest absolute Gasteiger partial charge is 0.379 e. The van der Waals surface area contributed by atoms with Gasteiger partial charge in [0, 0.05) is 19.6 Å². The summed E-state index contributed by atoms with van der Waals surface area (Å²) in [5.74, 6) is 0. The molecule has 0 saturated heterocycles. The summed E-state index contributed by atoms with van der Waals surface area (Å²) in [5.41, 5.74) is 1.71. The fraction of sp³-hybridized carbons (Fsp3) is 0.538. The molecule has 0 saturated carbocycles. The SMILES string of the molecule is CCCn1ncc(NCC2=CCNCC2)c(Cl)c1=O. The van der Waals surface area contributed by atoms with Gasteiger partial charge in [-0.15, -0.1) is 0 Å². The molecule has 0 bridgehead atoms. The first-order valence-electron chi connectivity index (χ1n) is 6.60. The third-order valence-electron chi connectivity index (χ3n) is 3.08. The number of halogens is 1. The summed E-state index contributed by atoms with van der Waals surface area (Å²) in [6, 6.07) is 0. The van der Waals surface area contributed by atoms with E-state index >= 15 is 0 Å². The normalized spacial score (nSPS) is 15.2. The van der Waals surface area contributed by atoms with E-state index in [0.717, 1.165) is 25.9 Å². The zero-order valence-corrected chi connectivity index (χ0v) is 11.8. The molecule has 0 amide bonds. The Balaban J connectivity index is 2.06. The predicted octanol–water partition coefficient (Wildman–Crippen LogP) is 1.64. The van der Waals surface area contributed by atoms with Crippen LogP contribution in [0.4, 0.5) is 5.69 Å². The van der Waals surface area contributed by atoms with Crippen LogP contribution in [0.15, 0.2) is 22.6 Å². The number of nitrogens with one attached hydrogen (secondary N) is 2. The van der Waals surface area contributed by atoms with Crippen LogP contribution in [-0.2, 0) is 6.54 Å². The molecule has 2 heterocycles. The Bertz CT molecular complexity index is 524. The highest BCUT2D eigenvalue weighted by Gasteiger charge is 2.09. The smallest absolute Gasteiger partial charge is 0.287 e. The zero-order chi connectivity index (χ0) is 13.7. The van der Waals surface area contributed by atoms with Crippen molar-refractivity contribution < 1.29 is 0 Å². The van der Waals surface area contributed by atoms with Gasteiger partial charge in [0.1, 0.15) is 5.02 Å². The lowest BCUT2D eigenvalue weighted by Crippen LogP contribution is -2.25. The molecule has 1 aliphatic heterocycles. The highest BCUT2D eigenvalue weighted by molar-refractivity contribution is 6.32. The number of rotatable bonds is 5. The standard InChI is InChI=1S/C13H19ClN4O/c1-2-7-18-13(19)12(14)11(9-17-18)16-8-10-3-5-15-6-4-10/h3,9,15-16H,2,4-8H2,1H3. The predicted molar refractivity (Wildman–Crippen MR) is 77.9 cm³/mol. The molecule has 0 fully saturated rings. The summed E-state index contributed by atoms with van der Waals surface area (Å²) in [6.45, 7) is 5.20. The molecule has 19 heavy (non-hydrogen) atoms. The van der Waals surface area contributed by atoms with Crippen molar-refractivity contribution in [3.63, 3.8) is 0 Å². The minimum absolute atomic E-state index is 0.220. The maximum Gasteiger partial charge on any atom is 0.287 e. The summed E-state index contributed by atoms with van der Waals surface area (Å²) in [6.07, 6.45) is 5.66. The number of hydrogen-bond acceptors (Lipinski definition) is 4. The third-order valence-corrected chi connectivity index (χ3v) is 3.45. The van der Waals surface area contributed by atoms with Gasteiger partial charge in [-0.3, -0.25) is 4.79 Å². The lowest BCUT2D eigenvalue weighted by atomic mass is 10.1. The molecule has 104 valence electrons. The van der Waals surface area contributed by atoms with Crippen molar-refractivity contribution in [1.29, 1.82) is 0 Å². The second kappa shape index (κ2) is 6.73. The summed E-state index contributed by atoms with van der Waals surface area (Å²) >= 11 is 6.08. The summed E-state index contributed by atoms with van der Waals surface area (Å²) in [4.78, 5) is 11.9. The van der Waals surface area contributed by atoms with Crippen LogP contribution in [0.3, 0.4) is 0 Å². The number of nitrogens with zero attached hydrogens (tertiary/aromatic N) is 2. The van der Waals surface area contributed by atoms with Crippen molar-refractivity contribution in [2.24, 2.45) is 0 Å². The average molecular weight is 283 g/mol.